The molecule has 162 valence electrons. The van der Waals surface area contributed by atoms with Gasteiger partial charge in [-0.1, -0.05) is 12.5 Å². The van der Waals surface area contributed by atoms with Gasteiger partial charge in [-0.2, -0.15) is 0 Å². The van der Waals surface area contributed by atoms with Crippen molar-refractivity contribution in [1.82, 2.24) is 15.2 Å². The second-order valence-electron chi connectivity index (χ2n) is 9.78. The number of pyridine rings is 1. The number of likely N-dealkylation sites (tertiary alicyclic amines) is 1. The number of nitrogens with zero attached hydrogens (tertiary/aromatic N) is 2. The van der Waals surface area contributed by atoms with E-state index in [0.717, 1.165) is 42.1 Å². The van der Waals surface area contributed by atoms with Gasteiger partial charge in [-0.3, -0.25) is 19.4 Å². The van der Waals surface area contributed by atoms with Crippen molar-refractivity contribution in [3.63, 3.8) is 0 Å². The predicted molar refractivity (Wildman–Crippen MR) is 118 cm³/mol. The Morgan fingerprint density at radius 1 is 1.29 bits per heavy atom. The van der Waals surface area contributed by atoms with Gasteiger partial charge in [0.25, 0.3) is 5.91 Å². The first kappa shape index (κ1) is 20.2. The zero-order chi connectivity index (χ0) is 21.6. The predicted octanol–water partition coefficient (Wildman–Crippen LogP) is 3.41. The lowest BCUT2D eigenvalue weighted by atomic mass is 9.67. The third-order valence-corrected chi connectivity index (χ3v) is 7.55. The number of aryl methyl sites for hydroxylation is 1. The molecule has 2 saturated carbocycles. The number of aromatic nitrogens is 1. The van der Waals surface area contributed by atoms with Crippen LogP contribution in [0.3, 0.4) is 0 Å². The maximum absolute atomic E-state index is 13.2. The molecule has 3 fully saturated rings. The van der Waals surface area contributed by atoms with Crippen molar-refractivity contribution >= 4 is 28.4 Å². The Morgan fingerprint density at radius 3 is 2.84 bits per heavy atom. The lowest BCUT2D eigenvalue weighted by molar-refractivity contribution is -0.137. The molecule has 2 amide bonds. The van der Waals surface area contributed by atoms with Crippen molar-refractivity contribution in [2.24, 2.45) is 11.3 Å². The molecule has 2 aromatic rings. The Morgan fingerprint density at radius 2 is 2.13 bits per heavy atom. The molecule has 0 bridgehead atoms. The highest BCUT2D eigenvalue weighted by atomic mass is 16.2. The average Bonchev–Trinajstić information content (AvgIpc) is 3.35. The van der Waals surface area contributed by atoms with E-state index < -0.39 is 0 Å². The van der Waals surface area contributed by atoms with Crippen LogP contribution in [0.25, 0.3) is 10.8 Å². The standard InChI is InChI=1S/C25H29N3O3/c1-16-9-17-5-8-26-14-22(17)21(10-16)23(30)27-13-19-12-25(6-2-7-25)15-28(19)24(31)18-3-4-20(29)11-18/h5,8-10,14,18-19H,2-4,6-7,11-13,15H2,1H3,(H,27,30). The maximum Gasteiger partial charge on any atom is 0.252 e. The summed E-state index contributed by atoms with van der Waals surface area (Å²) in [5.41, 5.74) is 1.87. The largest absolute Gasteiger partial charge is 0.350 e. The number of hydrogen-bond donors (Lipinski definition) is 1. The summed E-state index contributed by atoms with van der Waals surface area (Å²) in [4.78, 5) is 44.2. The minimum absolute atomic E-state index is 0.00153. The normalized spacial score (nSPS) is 24.5. The molecule has 2 heterocycles. The summed E-state index contributed by atoms with van der Waals surface area (Å²) in [6.45, 7) is 3.20. The summed E-state index contributed by atoms with van der Waals surface area (Å²) in [5.74, 6) is 0.00666. The molecule has 2 atom stereocenters. The van der Waals surface area contributed by atoms with Crippen molar-refractivity contribution in [1.29, 1.82) is 0 Å². The molecular weight excluding hydrogens is 390 g/mol. The molecule has 2 unspecified atom stereocenters. The first-order chi connectivity index (χ1) is 14.9. The van der Waals surface area contributed by atoms with Crippen molar-refractivity contribution in [3.05, 3.63) is 41.7 Å². The van der Waals surface area contributed by atoms with Gasteiger partial charge in [-0.15, -0.1) is 0 Å². The third-order valence-electron chi connectivity index (χ3n) is 7.55. The van der Waals surface area contributed by atoms with Crippen LogP contribution in [0.4, 0.5) is 0 Å². The highest BCUT2D eigenvalue weighted by Crippen LogP contribution is 2.50. The molecule has 31 heavy (non-hydrogen) atoms. The van der Waals surface area contributed by atoms with Crippen molar-refractivity contribution < 1.29 is 14.4 Å². The zero-order valence-electron chi connectivity index (χ0n) is 18.0. The number of rotatable bonds is 4. The van der Waals surface area contributed by atoms with Crippen molar-refractivity contribution in [2.45, 2.75) is 57.9 Å². The van der Waals surface area contributed by atoms with Gasteiger partial charge in [0.1, 0.15) is 5.78 Å². The van der Waals surface area contributed by atoms with E-state index in [1.165, 1.54) is 6.42 Å². The van der Waals surface area contributed by atoms with E-state index in [2.05, 4.69) is 16.4 Å². The van der Waals surface area contributed by atoms with E-state index in [4.69, 9.17) is 0 Å². The van der Waals surface area contributed by atoms with Crippen LogP contribution in [-0.4, -0.2) is 46.6 Å². The summed E-state index contributed by atoms with van der Waals surface area (Å²) in [6, 6.07) is 5.87. The Balaban J connectivity index is 1.33. The zero-order valence-corrected chi connectivity index (χ0v) is 18.0. The van der Waals surface area contributed by atoms with Crippen LogP contribution in [0.2, 0.25) is 0 Å². The molecule has 1 N–H and O–H groups in total. The van der Waals surface area contributed by atoms with Gasteiger partial charge in [-0.25, -0.2) is 0 Å². The van der Waals surface area contributed by atoms with Crippen LogP contribution in [0, 0.1) is 18.3 Å². The minimum Gasteiger partial charge on any atom is -0.350 e. The summed E-state index contributed by atoms with van der Waals surface area (Å²) < 4.78 is 0. The Kier molecular flexibility index (Phi) is 5.03. The van der Waals surface area contributed by atoms with Gasteiger partial charge < -0.3 is 10.2 Å². The summed E-state index contributed by atoms with van der Waals surface area (Å²) in [7, 11) is 0. The number of hydrogen-bond acceptors (Lipinski definition) is 4. The van der Waals surface area contributed by atoms with Crippen LogP contribution in [0.5, 0.6) is 0 Å². The summed E-state index contributed by atoms with van der Waals surface area (Å²) in [5, 5.41) is 4.94. The molecule has 6 nitrogen and oxygen atoms in total. The monoisotopic (exact) mass is 419 g/mol. The number of Topliss-reactive ketones (excluding diaryl/α,β-unsaturated/α-hetero) is 1. The topological polar surface area (TPSA) is 79.4 Å². The number of amides is 2. The highest BCUT2D eigenvalue weighted by Gasteiger charge is 2.50. The highest BCUT2D eigenvalue weighted by molar-refractivity contribution is 6.07. The first-order valence-electron chi connectivity index (χ1n) is 11.4. The van der Waals surface area contributed by atoms with E-state index >= 15 is 0 Å². The molecule has 3 aliphatic rings. The average molecular weight is 420 g/mol. The van der Waals surface area contributed by atoms with Crippen LogP contribution < -0.4 is 5.32 Å². The van der Waals surface area contributed by atoms with Crippen LogP contribution in [0.1, 0.15) is 60.9 Å². The smallest absolute Gasteiger partial charge is 0.252 e. The van der Waals surface area contributed by atoms with E-state index in [1.54, 1.807) is 12.4 Å². The summed E-state index contributed by atoms with van der Waals surface area (Å²) >= 11 is 0. The van der Waals surface area contributed by atoms with Crippen molar-refractivity contribution in [2.75, 3.05) is 13.1 Å². The van der Waals surface area contributed by atoms with E-state index in [0.29, 0.717) is 31.4 Å². The molecule has 5 rings (SSSR count). The van der Waals surface area contributed by atoms with E-state index in [-0.39, 0.29) is 35.0 Å². The summed E-state index contributed by atoms with van der Waals surface area (Å²) in [6.07, 6.45) is 9.49. The molecule has 1 aromatic carbocycles. The van der Waals surface area contributed by atoms with E-state index in [9.17, 15) is 14.4 Å². The maximum atomic E-state index is 13.2. The minimum atomic E-state index is -0.173. The number of ketones is 1. The van der Waals surface area contributed by atoms with E-state index in [1.807, 2.05) is 24.0 Å². The second kappa shape index (κ2) is 7.74. The molecule has 1 aliphatic heterocycles. The molecular formula is C25H29N3O3. The lowest BCUT2D eigenvalue weighted by Gasteiger charge is -2.38. The Hall–Kier alpha value is -2.76. The van der Waals surface area contributed by atoms with Gasteiger partial charge in [0, 0.05) is 61.2 Å². The van der Waals surface area contributed by atoms with Gasteiger partial charge in [-0.05, 0) is 61.1 Å². The fourth-order valence-corrected chi connectivity index (χ4v) is 5.75. The fraction of sp³-hybridized carbons (Fsp3) is 0.520. The third kappa shape index (κ3) is 3.73. The lowest BCUT2D eigenvalue weighted by Crippen LogP contribution is -2.45. The van der Waals surface area contributed by atoms with Crippen LogP contribution in [-0.2, 0) is 9.59 Å². The number of carbonyl (C=O) groups is 3. The molecule has 1 saturated heterocycles. The Bertz CT molecular complexity index is 1060. The number of nitrogens with one attached hydrogen (secondary N) is 1. The molecule has 1 aromatic heterocycles. The van der Waals surface area contributed by atoms with Gasteiger partial charge in [0.2, 0.25) is 5.91 Å². The molecule has 6 heteroatoms. The Labute approximate surface area is 182 Å². The second-order valence-corrected chi connectivity index (χ2v) is 9.78. The number of fused-ring (bicyclic) bond motifs is 1. The first-order valence-corrected chi connectivity index (χ1v) is 11.4. The number of carbonyl (C=O) groups excluding carboxylic acids is 3. The van der Waals surface area contributed by atoms with Crippen LogP contribution >= 0.6 is 0 Å². The molecule has 2 aliphatic carbocycles. The van der Waals surface area contributed by atoms with Crippen molar-refractivity contribution in [3.8, 4) is 0 Å². The molecule has 1 spiro atoms. The quantitative estimate of drug-likeness (QED) is 0.824. The van der Waals surface area contributed by atoms with Gasteiger partial charge in [0.05, 0.1) is 0 Å². The van der Waals surface area contributed by atoms with Crippen LogP contribution in [0.15, 0.2) is 30.6 Å². The van der Waals surface area contributed by atoms with Gasteiger partial charge >= 0.3 is 0 Å². The van der Waals surface area contributed by atoms with Gasteiger partial charge in [0.15, 0.2) is 0 Å². The fourth-order valence-electron chi connectivity index (χ4n) is 5.75. The molecule has 0 radical (unpaired) electrons. The SMILES string of the molecule is Cc1cc(C(=O)NCC2CC3(CCC3)CN2C(=O)C2CCC(=O)C2)c2cnccc2c1. The number of benzene rings is 1.